The molecule has 1 aromatic heterocycles. The quantitative estimate of drug-likeness (QED) is 0.849. The predicted octanol–water partition coefficient (Wildman–Crippen LogP) is 2.77. The summed E-state index contributed by atoms with van der Waals surface area (Å²) in [6.07, 6.45) is 3.21. The van der Waals surface area contributed by atoms with E-state index in [0.29, 0.717) is 5.92 Å². The second kappa shape index (κ2) is 5.03. The lowest BCUT2D eigenvalue weighted by atomic mass is 10.0. The summed E-state index contributed by atoms with van der Waals surface area (Å²) >= 11 is 0. The third kappa shape index (κ3) is 2.23. The topological polar surface area (TPSA) is 39.9 Å². The van der Waals surface area contributed by atoms with Gasteiger partial charge in [0.2, 0.25) is 0 Å². The van der Waals surface area contributed by atoms with E-state index >= 15 is 0 Å². The number of nitrogens with zero attached hydrogens (tertiary/aromatic N) is 3. The molecule has 1 atom stereocenters. The van der Waals surface area contributed by atoms with Gasteiger partial charge in [-0.3, -0.25) is 0 Å². The Hall–Kier alpha value is -1.84. The molecule has 0 saturated heterocycles. The van der Waals surface area contributed by atoms with Crippen LogP contribution in [-0.2, 0) is 13.0 Å². The highest BCUT2D eigenvalue weighted by Crippen LogP contribution is 2.27. The smallest absolute Gasteiger partial charge is 0.137 e. The van der Waals surface area contributed by atoms with Crippen molar-refractivity contribution in [1.29, 1.82) is 0 Å². The Bertz CT molecular complexity index is 577. The first-order valence-corrected chi connectivity index (χ1v) is 6.83. The molecular weight excluding hydrogens is 238 g/mol. The summed E-state index contributed by atoms with van der Waals surface area (Å²) in [5.41, 5.74) is 1.17. The average molecular weight is 257 g/mol. The maximum absolute atomic E-state index is 5.40. The van der Waals surface area contributed by atoms with Crippen LogP contribution in [0.1, 0.15) is 42.9 Å². The van der Waals surface area contributed by atoms with Crippen LogP contribution in [0, 0.1) is 0 Å². The van der Waals surface area contributed by atoms with Gasteiger partial charge in [-0.15, -0.1) is 10.2 Å². The lowest BCUT2D eigenvalue weighted by molar-refractivity contribution is 0.409. The van der Waals surface area contributed by atoms with E-state index in [1.165, 1.54) is 18.4 Å². The fourth-order valence-electron chi connectivity index (χ4n) is 2.79. The van der Waals surface area contributed by atoms with Crippen molar-refractivity contribution in [3.8, 4) is 5.75 Å². The number of hydrogen-bond donors (Lipinski definition) is 0. The molecule has 0 fully saturated rings. The first kappa shape index (κ1) is 12.2. The van der Waals surface area contributed by atoms with Gasteiger partial charge in [-0.25, -0.2) is 0 Å². The zero-order chi connectivity index (χ0) is 13.2. The number of aromatic nitrogens is 3. The molecule has 0 amide bonds. The van der Waals surface area contributed by atoms with Crippen LogP contribution < -0.4 is 4.74 Å². The molecular formula is C15H19N3O. The number of benzene rings is 1. The third-order valence-electron chi connectivity index (χ3n) is 3.86. The number of para-hydroxylation sites is 1. The SMILES string of the molecule is COc1ccccc1Cc1nnc2n1CCCC2C. The van der Waals surface area contributed by atoms with Crippen LogP contribution in [0.5, 0.6) is 5.75 Å². The van der Waals surface area contributed by atoms with Crippen LogP contribution in [0.2, 0.25) is 0 Å². The monoisotopic (exact) mass is 257 g/mol. The van der Waals surface area contributed by atoms with Gasteiger partial charge >= 0.3 is 0 Å². The van der Waals surface area contributed by atoms with E-state index in [0.717, 1.165) is 30.4 Å². The second-order valence-corrected chi connectivity index (χ2v) is 5.16. The number of hydrogen-bond acceptors (Lipinski definition) is 3. The van der Waals surface area contributed by atoms with Gasteiger partial charge in [-0.1, -0.05) is 25.1 Å². The number of methoxy groups -OCH3 is 1. The molecule has 0 bridgehead atoms. The fourth-order valence-corrected chi connectivity index (χ4v) is 2.79. The lowest BCUT2D eigenvalue weighted by Crippen LogP contribution is -2.16. The van der Waals surface area contributed by atoms with Crippen LogP contribution in [-0.4, -0.2) is 21.9 Å². The average Bonchev–Trinajstić information content (AvgIpc) is 2.84. The molecule has 1 aliphatic rings. The molecule has 0 radical (unpaired) electrons. The van der Waals surface area contributed by atoms with E-state index in [9.17, 15) is 0 Å². The molecule has 4 heteroatoms. The number of ether oxygens (including phenoxy) is 1. The zero-order valence-corrected chi connectivity index (χ0v) is 11.5. The highest BCUT2D eigenvalue weighted by atomic mass is 16.5. The minimum Gasteiger partial charge on any atom is -0.496 e. The molecule has 1 aliphatic heterocycles. The Morgan fingerprint density at radius 1 is 1.32 bits per heavy atom. The van der Waals surface area contributed by atoms with Crippen molar-refractivity contribution in [2.45, 2.75) is 38.6 Å². The minimum atomic E-state index is 0.521. The van der Waals surface area contributed by atoms with Gasteiger partial charge in [0.05, 0.1) is 7.11 Å². The van der Waals surface area contributed by atoms with Gasteiger partial charge in [-0.05, 0) is 18.9 Å². The van der Waals surface area contributed by atoms with Gasteiger partial charge in [0.1, 0.15) is 17.4 Å². The van der Waals surface area contributed by atoms with Crippen molar-refractivity contribution in [1.82, 2.24) is 14.8 Å². The van der Waals surface area contributed by atoms with E-state index in [1.807, 2.05) is 18.2 Å². The molecule has 0 N–H and O–H groups in total. The molecule has 0 aliphatic carbocycles. The zero-order valence-electron chi connectivity index (χ0n) is 11.5. The Kier molecular flexibility index (Phi) is 3.23. The lowest BCUT2D eigenvalue weighted by Gasteiger charge is -2.20. The van der Waals surface area contributed by atoms with E-state index in [4.69, 9.17) is 4.74 Å². The van der Waals surface area contributed by atoms with Crippen molar-refractivity contribution in [3.63, 3.8) is 0 Å². The molecule has 0 spiro atoms. The van der Waals surface area contributed by atoms with Crippen LogP contribution in [0.25, 0.3) is 0 Å². The molecule has 3 rings (SSSR count). The van der Waals surface area contributed by atoms with Gasteiger partial charge in [0.25, 0.3) is 0 Å². The van der Waals surface area contributed by atoms with Crippen molar-refractivity contribution < 1.29 is 4.74 Å². The maximum atomic E-state index is 5.40. The first-order chi connectivity index (χ1) is 9.29. The maximum Gasteiger partial charge on any atom is 0.137 e. The second-order valence-electron chi connectivity index (χ2n) is 5.16. The molecule has 2 aromatic rings. The third-order valence-corrected chi connectivity index (χ3v) is 3.86. The van der Waals surface area contributed by atoms with Gasteiger partial charge < -0.3 is 9.30 Å². The van der Waals surface area contributed by atoms with Gasteiger partial charge in [0.15, 0.2) is 0 Å². The molecule has 19 heavy (non-hydrogen) atoms. The summed E-state index contributed by atoms with van der Waals surface area (Å²) in [5, 5.41) is 8.74. The summed E-state index contributed by atoms with van der Waals surface area (Å²) < 4.78 is 7.68. The Balaban J connectivity index is 1.92. The molecule has 2 heterocycles. The molecule has 1 unspecified atom stereocenters. The summed E-state index contributed by atoms with van der Waals surface area (Å²) in [6, 6.07) is 8.11. The number of rotatable bonds is 3. The van der Waals surface area contributed by atoms with E-state index in [2.05, 4.69) is 27.8 Å². The van der Waals surface area contributed by atoms with Crippen molar-refractivity contribution in [2.75, 3.05) is 7.11 Å². The summed E-state index contributed by atoms with van der Waals surface area (Å²) in [7, 11) is 1.71. The van der Waals surface area contributed by atoms with Crippen LogP contribution in [0.3, 0.4) is 0 Å². The number of fused-ring (bicyclic) bond motifs is 1. The first-order valence-electron chi connectivity index (χ1n) is 6.83. The molecule has 4 nitrogen and oxygen atoms in total. The summed E-state index contributed by atoms with van der Waals surface area (Å²) in [5.74, 6) is 3.62. The van der Waals surface area contributed by atoms with Crippen molar-refractivity contribution in [3.05, 3.63) is 41.5 Å². The largest absolute Gasteiger partial charge is 0.496 e. The van der Waals surface area contributed by atoms with Crippen LogP contribution in [0.4, 0.5) is 0 Å². The van der Waals surface area contributed by atoms with E-state index in [1.54, 1.807) is 7.11 Å². The highest BCUT2D eigenvalue weighted by Gasteiger charge is 2.22. The molecule has 100 valence electrons. The highest BCUT2D eigenvalue weighted by molar-refractivity contribution is 5.35. The van der Waals surface area contributed by atoms with Gasteiger partial charge in [-0.2, -0.15) is 0 Å². The normalized spacial score (nSPS) is 18.1. The Labute approximate surface area is 113 Å². The standard InChI is InChI=1S/C15H19N3O/c1-11-6-5-9-18-14(16-17-15(11)18)10-12-7-3-4-8-13(12)19-2/h3-4,7-8,11H,5-6,9-10H2,1-2H3. The van der Waals surface area contributed by atoms with E-state index < -0.39 is 0 Å². The Morgan fingerprint density at radius 2 is 2.16 bits per heavy atom. The summed E-state index contributed by atoms with van der Waals surface area (Å²) in [4.78, 5) is 0. The minimum absolute atomic E-state index is 0.521. The van der Waals surface area contributed by atoms with Gasteiger partial charge in [0, 0.05) is 24.4 Å². The molecule has 0 saturated carbocycles. The predicted molar refractivity (Wildman–Crippen MR) is 73.5 cm³/mol. The van der Waals surface area contributed by atoms with Crippen molar-refractivity contribution >= 4 is 0 Å². The Morgan fingerprint density at radius 3 is 3.00 bits per heavy atom. The van der Waals surface area contributed by atoms with Crippen LogP contribution in [0.15, 0.2) is 24.3 Å². The van der Waals surface area contributed by atoms with E-state index in [-0.39, 0.29) is 0 Å². The van der Waals surface area contributed by atoms with Crippen molar-refractivity contribution in [2.24, 2.45) is 0 Å². The summed E-state index contributed by atoms with van der Waals surface area (Å²) in [6.45, 7) is 3.27. The van der Waals surface area contributed by atoms with Crippen LogP contribution >= 0.6 is 0 Å². The fraction of sp³-hybridized carbons (Fsp3) is 0.467. The molecule has 1 aromatic carbocycles.